The lowest BCUT2D eigenvalue weighted by molar-refractivity contribution is 0.105. The number of nitrogen functional groups attached to an aromatic ring is 1. The number of rotatable bonds is 3. The van der Waals surface area contributed by atoms with Crippen LogP contribution >= 0.6 is 0 Å². The summed E-state index contributed by atoms with van der Waals surface area (Å²) in [5.41, 5.74) is 5.88. The van der Waals surface area contributed by atoms with E-state index in [1.54, 1.807) is 4.90 Å². The van der Waals surface area contributed by atoms with Crippen molar-refractivity contribution < 1.29 is 9.53 Å². The molecule has 21 heavy (non-hydrogen) atoms. The highest BCUT2D eigenvalue weighted by Crippen LogP contribution is 2.38. The van der Waals surface area contributed by atoms with Crippen LogP contribution < -0.4 is 10.6 Å². The first-order valence-corrected chi connectivity index (χ1v) is 7.48. The van der Waals surface area contributed by atoms with E-state index in [9.17, 15) is 4.79 Å². The minimum absolute atomic E-state index is 0.238. The normalized spacial score (nSPS) is 18.7. The van der Waals surface area contributed by atoms with Gasteiger partial charge in [-0.25, -0.2) is 14.8 Å². The number of nitrogens with two attached hydrogens (primary N) is 1. The Hall–Kier alpha value is -2.05. The van der Waals surface area contributed by atoms with Crippen LogP contribution in [0.2, 0.25) is 0 Å². The molecule has 0 atom stereocenters. The summed E-state index contributed by atoms with van der Waals surface area (Å²) in [7, 11) is 0. The van der Waals surface area contributed by atoms with Gasteiger partial charge in [0, 0.05) is 38.2 Å². The summed E-state index contributed by atoms with van der Waals surface area (Å²) in [5, 5.41) is 0. The zero-order chi connectivity index (χ0) is 14.8. The first-order chi connectivity index (χ1) is 10.2. The van der Waals surface area contributed by atoms with E-state index in [1.807, 2.05) is 13.0 Å². The molecule has 3 rings (SSSR count). The van der Waals surface area contributed by atoms with Crippen LogP contribution in [0.25, 0.3) is 0 Å². The van der Waals surface area contributed by atoms with Crippen molar-refractivity contribution in [3.8, 4) is 0 Å². The number of anilines is 2. The Morgan fingerprint density at radius 3 is 2.67 bits per heavy atom. The first-order valence-electron chi connectivity index (χ1n) is 7.48. The molecule has 2 aliphatic rings. The quantitative estimate of drug-likeness (QED) is 0.901. The number of aromatic nitrogens is 2. The van der Waals surface area contributed by atoms with E-state index >= 15 is 0 Å². The molecule has 114 valence electrons. The van der Waals surface area contributed by atoms with Crippen LogP contribution in [0.1, 0.15) is 31.5 Å². The van der Waals surface area contributed by atoms with Gasteiger partial charge < -0.3 is 20.3 Å². The lowest BCUT2D eigenvalue weighted by atomic mass is 10.3. The van der Waals surface area contributed by atoms with Gasteiger partial charge in [0.05, 0.1) is 6.61 Å². The highest BCUT2D eigenvalue weighted by molar-refractivity contribution is 5.68. The van der Waals surface area contributed by atoms with Crippen LogP contribution in [0.3, 0.4) is 0 Å². The summed E-state index contributed by atoms with van der Waals surface area (Å²) >= 11 is 0. The largest absolute Gasteiger partial charge is 0.450 e. The minimum atomic E-state index is -0.238. The van der Waals surface area contributed by atoms with E-state index in [-0.39, 0.29) is 6.09 Å². The molecule has 0 radical (unpaired) electrons. The average Bonchev–Trinajstić information content (AvgIpc) is 3.32. The van der Waals surface area contributed by atoms with Crippen molar-refractivity contribution in [2.75, 3.05) is 43.4 Å². The van der Waals surface area contributed by atoms with Gasteiger partial charge in [-0.1, -0.05) is 0 Å². The van der Waals surface area contributed by atoms with Crippen molar-refractivity contribution in [3.63, 3.8) is 0 Å². The maximum Gasteiger partial charge on any atom is 0.409 e. The molecular weight excluding hydrogens is 270 g/mol. The van der Waals surface area contributed by atoms with Crippen LogP contribution in [0, 0.1) is 0 Å². The molecule has 1 aliphatic carbocycles. The standard InChI is InChI=1S/C14H21N5O2/c1-2-21-14(20)19-7-5-18(6-8-19)12-9-11(15)16-13(17-12)10-3-4-10/h9-10H,2-8H2,1H3,(H2,15,16,17). The van der Waals surface area contributed by atoms with Gasteiger partial charge in [-0.05, 0) is 19.8 Å². The van der Waals surface area contributed by atoms with E-state index in [0.717, 1.165) is 37.6 Å². The van der Waals surface area contributed by atoms with Crippen LogP contribution in [0.15, 0.2) is 6.07 Å². The number of nitrogens with zero attached hydrogens (tertiary/aromatic N) is 4. The van der Waals surface area contributed by atoms with Crippen LogP contribution in [0.5, 0.6) is 0 Å². The number of hydrogen-bond acceptors (Lipinski definition) is 6. The first kappa shape index (κ1) is 13.9. The van der Waals surface area contributed by atoms with Gasteiger partial charge >= 0.3 is 6.09 Å². The molecule has 1 amide bonds. The van der Waals surface area contributed by atoms with E-state index in [4.69, 9.17) is 10.5 Å². The number of piperazine rings is 1. The fraction of sp³-hybridized carbons (Fsp3) is 0.643. The highest BCUT2D eigenvalue weighted by atomic mass is 16.6. The van der Waals surface area contributed by atoms with Gasteiger partial charge in [-0.2, -0.15) is 0 Å². The van der Waals surface area contributed by atoms with Crippen molar-refractivity contribution in [2.45, 2.75) is 25.7 Å². The molecule has 1 aromatic rings. The summed E-state index contributed by atoms with van der Waals surface area (Å²) in [6.07, 6.45) is 2.07. The third-order valence-electron chi connectivity index (χ3n) is 3.82. The van der Waals surface area contributed by atoms with Crippen molar-refractivity contribution in [3.05, 3.63) is 11.9 Å². The van der Waals surface area contributed by atoms with Crippen LogP contribution in [-0.2, 0) is 4.74 Å². The molecule has 0 aromatic carbocycles. The van der Waals surface area contributed by atoms with Gasteiger partial charge in [-0.3, -0.25) is 0 Å². The summed E-state index contributed by atoms with van der Waals surface area (Å²) < 4.78 is 5.02. The van der Waals surface area contributed by atoms with Crippen LogP contribution in [-0.4, -0.2) is 53.7 Å². The zero-order valence-corrected chi connectivity index (χ0v) is 12.3. The molecule has 0 unspecified atom stereocenters. The Labute approximate surface area is 124 Å². The number of carbonyl (C=O) groups is 1. The highest BCUT2D eigenvalue weighted by Gasteiger charge is 2.29. The van der Waals surface area contributed by atoms with E-state index in [1.165, 1.54) is 0 Å². The Morgan fingerprint density at radius 1 is 1.33 bits per heavy atom. The van der Waals surface area contributed by atoms with E-state index in [0.29, 0.717) is 31.4 Å². The molecule has 0 bridgehead atoms. The Kier molecular flexibility index (Phi) is 3.81. The number of carbonyl (C=O) groups excluding carboxylic acids is 1. The monoisotopic (exact) mass is 291 g/mol. The fourth-order valence-electron chi connectivity index (χ4n) is 2.49. The lowest BCUT2D eigenvalue weighted by Crippen LogP contribution is -2.49. The molecule has 0 spiro atoms. The molecular formula is C14H21N5O2. The lowest BCUT2D eigenvalue weighted by Gasteiger charge is -2.34. The molecule has 2 heterocycles. The summed E-state index contributed by atoms with van der Waals surface area (Å²) in [6, 6.07) is 1.81. The summed E-state index contributed by atoms with van der Waals surface area (Å²) in [6.45, 7) is 4.98. The van der Waals surface area contributed by atoms with E-state index in [2.05, 4.69) is 14.9 Å². The van der Waals surface area contributed by atoms with Crippen LogP contribution in [0.4, 0.5) is 16.4 Å². The number of hydrogen-bond donors (Lipinski definition) is 1. The van der Waals surface area contributed by atoms with Gasteiger partial charge in [0.2, 0.25) is 0 Å². The summed E-state index contributed by atoms with van der Waals surface area (Å²) in [4.78, 5) is 24.5. The predicted molar refractivity (Wildman–Crippen MR) is 79.2 cm³/mol. The molecule has 2 fully saturated rings. The van der Waals surface area contributed by atoms with Crippen molar-refractivity contribution in [1.82, 2.24) is 14.9 Å². The minimum Gasteiger partial charge on any atom is -0.450 e. The van der Waals surface area contributed by atoms with Gasteiger partial charge in [0.1, 0.15) is 17.5 Å². The van der Waals surface area contributed by atoms with Gasteiger partial charge in [0.25, 0.3) is 0 Å². The average molecular weight is 291 g/mol. The molecule has 1 aromatic heterocycles. The summed E-state index contributed by atoms with van der Waals surface area (Å²) in [5.74, 6) is 2.73. The Bertz CT molecular complexity index is 524. The van der Waals surface area contributed by atoms with Gasteiger partial charge in [0.15, 0.2) is 0 Å². The van der Waals surface area contributed by atoms with Crippen molar-refractivity contribution in [1.29, 1.82) is 0 Å². The van der Waals surface area contributed by atoms with Crippen molar-refractivity contribution >= 4 is 17.7 Å². The number of ether oxygens (including phenoxy) is 1. The third kappa shape index (κ3) is 3.17. The molecule has 7 heteroatoms. The second-order valence-electron chi connectivity index (χ2n) is 5.46. The Balaban J connectivity index is 1.65. The second-order valence-corrected chi connectivity index (χ2v) is 5.46. The topological polar surface area (TPSA) is 84.6 Å². The fourth-order valence-corrected chi connectivity index (χ4v) is 2.49. The smallest absolute Gasteiger partial charge is 0.409 e. The zero-order valence-electron chi connectivity index (χ0n) is 12.3. The SMILES string of the molecule is CCOC(=O)N1CCN(c2cc(N)nc(C3CC3)n2)CC1. The van der Waals surface area contributed by atoms with E-state index < -0.39 is 0 Å². The molecule has 1 saturated carbocycles. The number of amides is 1. The predicted octanol–water partition coefficient (Wildman–Crippen LogP) is 1.21. The van der Waals surface area contributed by atoms with Crippen molar-refractivity contribution in [2.24, 2.45) is 0 Å². The van der Waals surface area contributed by atoms with Gasteiger partial charge in [-0.15, -0.1) is 0 Å². The molecule has 7 nitrogen and oxygen atoms in total. The third-order valence-corrected chi connectivity index (χ3v) is 3.82. The molecule has 1 saturated heterocycles. The maximum atomic E-state index is 11.7. The molecule has 2 N–H and O–H groups in total. The molecule has 1 aliphatic heterocycles. The maximum absolute atomic E-state index is 11.7. The second kappa shape index (κ2) is 5.75. The Morgan fingerprint density at radius 2 is 2.05 bits per heavy atom.